The Labute approximate surface area is 105 Å². The van der Waals surface area contributed by atoms with Gasteiger partial charge in [0.1, 0.15) is 5.82 Å². The minimum atomic E-state index is 0.0404. The van der Waals surface area contributed by atoms with E-state index in [0.29, 0.717) is 5.88 Å². The fourth-order valence-corrected chi connectivity index (χ4v) is 2.52. The Morgan fingerprint density at radius 1 is 1.24 bits per heavy atom. The van der Waals surface area contributed by atoms with E-state index in [1.807, 2.05) is 24.3 Å². The van der Waals surface area contributed by atoms with Gasteiger partial charge in [-0.05, 0) is 31.4 Å². The summed E-state index contributed by atoms with van der Waals surface area (Å²) in [6.45, 7) is 0. The van der Waals surface area contributed by atoms with E-state index in [4.69, 9.17) is 11.6 Å². The van der Waals surface area contributed by atoms with Crippen molar-refractivity contribution in [1.82, 2.24) is 9.97 Å². The number of hydrogen-bond donors (Lipinski definition) is 1. The lowest BCUT2D eigenvalue weighted by Crippen LogP contribution is -2.47. The number of nitrogens with one attached hydrogen (secondary N) is 1. The number of halogens is 1. The summed E-state index contributed by atoms with van der Waals surface area (Å²) in [6.07, 6.45) is 5.26. The number of hydrogen-bond acceptors (Lipinski definition) is 3. The molecule has 0 radical (unpaired) electrons. The van der Waals surface area contributed by atoms with Crippen LogP contribution < -0.4 is 5.32 Å². The number of rotatable bonds is 3. The van der Waals surface area contributed by atoms with Crippen LogP contribution in [0.2, 0.25) is 0 Å². The summed E-state index contributed by atoms with van der Waals surface area (Å²) in [5.74, 6) is 1.45. The molecule has 1 N–H and O–H groups in total. The third-order valence-corrected chi connectivity index (χ3v) is 3.92. The van der Waals surface area contributed by atoms with E-state index in [0.717, 1.165) is 29.7 Å². The predicted molar refractivity (Wildman–Crippen MR) is 70.5 cm³/mol. The van der Waals surface area contributed by atoms with Crippen LogP contribution in [0.25, 0.3) is 11.0 Å². The molecule has 1 aromatic heterocycles. The van der Waals surface area contributed by atoms with Crippen molar-refractivity contribution in [3.05, 3.63) is 30.5 Å². The van der Waals surface area contributed by atoms with E-state index in [9.17, 15) is 0 Å². The first-order valence-corrected chi connectivity index (χ1v) is 6.41. The van der Waals surface area contributed by atoms with Crippen molar-refractivity contribution < 1.29 is 0 Å². The number of anilines is 1. The highest BCUT2D eigenvalue weighted by atomic mass is 35.5. The molecule has 1 aliphatic rings. The number of nitrogens with zero attached hydrogens (tertiary/aromatic N) is 2. The number of alkyl halides is 1. The highest BCUT2D eigenvalue weighted by molar-refractivity contribution is 6.19. The zero-order valence-corrected chi connectivity index (χ0v) is 10.2. The second-order valence-corrected chi connectivity index (χ2v) is 4.90. The van der Waals surface area contributed by atoms with Gasteiger partial charge >= 0.3 is 0 Å². The molecule has 0 spiro atoms. The molecule has 4 heteroatoms. The van der Waals surface area contributed by atoms with Gasteiger partial charge in [-0.1, -0.05) is 12.1 Å². The molecule has 88 valence electrons. The quantitative estimate of drug-likeness (QED) is 0.847. The lowest BCUT2D eigenvalue weighted by atomic mass is 9.78. The molecule has 17 heavy (non-hydrogen) atoms. The summed E-state index contributed by atoms with van der Waals surface area (Å²) in [4.78, 5) is 8.95. The van der Waals surface area contributed by atoms with Crippen LogP contribution in [0, 0.1) is 0 Å². The summed E-state index contributed by atoms with van der Waals surface area (Å²) >= 11 is 6.02. The van der Waals surface area contributed by atoms with Crippen LogP contribution in [0.3, 0.4) is 0 Å². The molecule has 1 aliphatic carbocycles. The van der Waals surface area contributed by atoms with E-state index in [1.165, 1.54) is 6.42 Å². The predicted octanol–water partition coefficient (Wildman–Crippen LogP) is 3.20. The summed E-state index contributed by atoms with van der Waals surface area (Å²) < 4.78 is 0. The van der Waals surface area contributed by atoms with E-state index in [-0.39, 0.29) is 5.54 Å². The maximum Gasteiger partial charge on any atom is 0.145 e. The summed E-state index contributed by atoms with van der Waals surface area (Å²) in [5.41, 5.74) is 1.88. The monoisotopic (exact) mass is 247 g/mol. The second-order valence-electron chi connectivity index (χ2n) is 4.64. The number of para-hydroxylation sites is 2. The van der Waals surface area contributed by atoms with Gasteiger partial charge in [-0.15, -0.1) is 11.6 Å². The first kappa shape index (κ1) is 10.8. The lowest BCUT2D eigenvalue weighted by Gasteiger charge is -2.41. The third-order valence-electron chi connectivity index (χ3n) is 3.41. The van der Waals surface area contributed by atoms with Crippen molar-refractivity contribution in [2.75, 3.05) is 11.2 Å². The zero-order chi connectivity index (χ0) is 11.7. The van der Waals surface area contributed by atoms with Gasteiger partial charge in [0.05, 0.1) is 22.8 Å². The molecular weight excluding hydrogens is 234 g/mol. The van der Waals surface area contributed by atoms with Crippen LogP contribution in [0.5, 0.6) is 0 Å². The Morgan fingerprint density at radius 2 is 2.00 bits per heavy atom. The van der Waals surface area contributed by atoms with Gasteiger partial charge in [-0.2, -0.15) is 0 Å². The molecule has 0 atom stereocenters. The molecule has 1 aromatic carbocycles. The average molecular weight is 248 g/mol. The van der Waals surface area contributed by atoms with E-state index in [2.05, 4.69) is 15.3 Å². The Morgan fingerprint density at radius 3 is 2.65 bits per heavy atom. The molecule has 0 aliphatic heterocycles. The van der Waals surface area contributed by atoms with Gasteiger partial charge < -0.3 is 5.32 Å². The number of benzene rings is 1. The molecule has 3 nitrogen and oxygen atoms in total. The topological polar surface area (TPSA) is 37.8 Å². The summed E-state index contributed by atoms with van der Waals surface area (Å²) in [7, 11) is 0. The number of aromatic nitrogens is 2. The summed E-state index contributed by atoms with van der Waals surface area (Å²) in [6, 6.07) is 7.88. The van der Waals surface area contributed by atoms with Crippen molar-refractivity contribution in [3.8, 4) is 0 Å². The fraction of sp³-hybridized carbons (Fsp3) is 0.385. The Kier molecular flexibility index (Phi) is 2.63. The van der Waals surface area contributed by atoms with E-state index in [1.54, 1.807) is 6.20 Å². The molecule has 0 saturated heterocycles. The highest BCUT2D eigenvalue weighted by Gasteiger charge is 2.36. The van der Waals surface area contributed by atoms with Gasteiger partial charge in [0.15, 0.2) is 0 Å². The standard InChI is InChI=1S/C13H14ClN3/c14-9-13(6-3-7-13)17-12-8-15-10-4-1-2-5-11(10)16-12/h1-2,4-5,8H,3,6-7,9H2,(H,16,17). The highest BCUT2D eigenvalue weighted by Crippen LogP contribution is 2.35. The Balaban J connectivity index is 1.90. The van der Waals surface area contributed by atoms with Crippen molar-refractivity contribution >= 4 is 28.5 Å². The van der Waals surface area contributed by atoms with Crippen molar-refractivity contribution in [1.29, 1.82) is 0 Å². The van der Waals surface area contributed by atoms with Gasteiger partial charge in [0.2, 0.25) is 0 Å². The van der Waals surface area contributed by atoms with Crippen molar-refractivity contribution in [2.45, 2.75) is 24.8 Å². The molecule has 1 heterocycles. The molecule has 1 saturated carbocycles. The maximum atomic E-state index is 6.02. The van der Waals surface area contributed by atoms with Gasteiger partial charge in [0.25, 0.3) is 0 Å². The summed E-state index contributed by atoms with van der Waals surface area (Å²) in [5, 5.41) is 3.43. The van der Waals surface area contributed by atoms with Crippen molar-refractivity contribution in [2.24, 2.45) is 0 Å². The molecule has 1 fully saturated rings. The molecule has 3 rings (SSSR count). The van der Waals surface area contributed by atoms with Gasteiger partial charge in [-0.25, -0.2) is 4.98 Å². The smallest absolute Gasteiger partial charge is 0.145 e. The normalized spacial score (nSPS) is 17.7. The Bertz CT molecular complexity index is 531. The largest absolute Gasteiger partial charge is 0.362 e. The number of fused-ring (bicyclic) bond motifs is 1. The van der Waals surface area contributed by atoms with Crippen LogP contribution in [-0.4, -0.2) is 21.4 Å². The first-order valence-electron chi connectivity index (χ1n) is 5.87. The van der Waals surface area contributed by atoms with Crippen LogP contribution in [-0.2, 0) is 0 Å². The van der Waals surface area contributed by atoms with Gasteiger partial charge in [0, 0.05) is 5.88 Å². The zero-order valence-electron chi connectivity index (χ0n) is 9.49. The SMILES string of the molecule is ClCC1(Nc2cnc3ccccc3n2)CCC1. The lowest BCUT2D eigenvalue weighted by molar-refractivity contribution is 0.310. The first-order chi connectivity index (χ1) is 8.31. The molecule has 2 aromatic rings. The molecular formula is C13H14ClN3. The Hall–Kier alpha value is -1.35. The van der Waals surface area contributed by atoms with Crippen LogP contribution >= 0.6 is 11.6 Å². The van der Waals surface area contributed by atoms with Gasteiger partial charge in [-0.3, -0.25) is 4.98 Å². The van der Waals surface area contributed by atoms with E-state index >= 15 is 0 Å². The van der Waals surface area contributed by atoms with Crippen molar-refractivity contribution in [3.63, 3.8) is 0 Å². The second kappa shape index (κ2) is 4.15. The third kappa shape index (κ3) is 1.95. The average Bonchev–Trinajstić information content (AvgIpc) is 2.34. The molecule has 0 unspecified atom stereocenters. The van der Waals surface area contributed by atoms with Crippen LogP contribution in [0.1, 0.15) is 19.3 Å². The molecule has 0 amide bonds. The van der Waals surface area contributed by atoms with E-state index < -0.39 is 0 Å². The van der Waals surface area contributed by atoms with Crippen LogP contribution in [0.4, 0.5) is 5.82 Å². The minimum Gasteiger partial charge on any atom is -0.362 e. The minimum absolute atomic E-state index is 0.0404. The maximum absolute atomic E-state index is 6.02. The molecule has 0 bridgehead atoms. The fourth-order valence-electron chi connectivity index (χ4n) is 2.18. The van der Waals surface area contributed by atoms with Crippen LogP contribution in [0.15, 0.2) is 30.5 Å².